The predicted molar refractivity (Wildman–Crippen MR) is 83.2 cm³/mol. The number of ether oxygens (including phenoxy) is 1. The molecule has 2 nitrogen and oxygen atoms in total. The summed E-state index contributed by atoms with van der Waals surface area (Å²) < 4.78 is 43.5. The second-order valence-electron chi connectivity index (χ2n) is 4.87. The molecule has 23 heavy (non-hydrogen) atoms. The number of aromatic hydroxyl groups is 1. The molecule has 124 valence electrons. The van der Waals surface area contributed by atoms with E-state index in [0.29, 0.717) is 12.0 Å². The SMILES string of the molecule is CCC(Oc1c(Cl)cc(O)cc1Cl)c1ccc(C(F)(F)F)cc1. The van der Waals surface area contributed by atoms with Crippen molar-refractivity contribution in [2.45, 2.75) is 25.6 Å². The molecule has 2 aromatic carbocycles. The van der Waals surface area contributed by atoms with Crippen molar-refractivity contribution < 1.29 is 23.0 Å². The Bertz CT molecular complexity index is 662. The maximum Gasteiger partial charge on any atom is 0.416 e. The van der Waals surface area contributed by atoms with Gasteiger partial charge in [-0.25, -0.2) is 0 Å². The normalized spacial score (nSPS) is 13.0. The van der Waals surface area contributed by atoms with Gasteiger partial charge in [-0.3, -0.25) is 0 Å². The van der Waals surface area contributed by atoms with Crippen molar-refractivity contribution in [2.24, 2.45) is 0 Å². The number of phenols is 1. The third kappa shape index (κ3) is 4.24. The summed E-state index contributed by atoms with van der Waals surface area (Å²) in [5.74, 6) is 0.0767. The molecule has 0 bridgehead atoms. The average Bonchev–Trinajstić information content (AvgIpc) is 2.46. The van der Waals surface area contributed by atoms with Crippen molar-refractivity contribution in [1.82, 2.24) is 0 Å². The van der Waals surface area contributed by atoms with Gasteiger partial charge in [0.1, 0.15) is 11.9 Å². The first-order valence-corrected chi connectivity index (χ1v) is 7.49. The van der Waals surface area contributed by atoms with Gasteiger partial charge in [0, 0.05) is 12.1 Å². The summed E-state index contributed by atoms with van der Waals surface area (Å²) in [4.78, 5) is 0. The highest BCUT2D eigenvalue weighted by Gasteiger charge is 2.30. The molecule has 7 heteroatoms. The van der Waals surface area contributed by atoms with Crippen molar-refractivity contribution in [3.63, 3.8) is 0 Å². The van der Waals surface area contributed by atoms with Crippen LogP contribution in [0.4, 0.5) is 13.2 Å². The first-order valence-electron chi connectivity index (χ1n) is 6.74. The van der Waals surface area contributed by atoms with E-state index in [9.17, 15) is 18.3 Å². The minimum atomic E-state index is -4.38. The Kier molecular flexibility index (Phi) is 5.32. The quantitative estimate of drug-likeness (QED) is 0.694. The van der Waals surface area contributed by atoms with Gasteiger partial charge in [0.05, 0.1) is 15.6 Å². The molecule has 0 fully saturated rings. The van der Waals surface area contributed by atoms with Gasteiger partial charge in [-0.05, 0) is 24.1 Å². The van der Waals surface area contributed by atoms with Gasteiger partial charge in [0.2, 0.25) is 0 Å². The lowest BCUT2D eigenvalue weighted by Crippen LogP contribution is -2.09. The van der Waals surface area contributed by atoms with Gasteiger partial charge in [0.15, 0.2) is 5.75 Å². The molecule has 0 spiro atoms. The van der Waals surface area contributed by atoms with Gasteiger partial charge >= 0.3 is 6.18 Å². The van der Waals surface area contributed by atoms with Crippen LogP contribution < -0.4 is 4.74 Å². The second-order valence-corrected chi connectivity index (χ2v) is 5.69. The Morgan fingerprint density at radius 1 is 1.09 bits per heavy atom. The summed E-state index contributed by atoms with van der Waals surface area (Å²) in [7, 11) is 0. The second kappa shape index (κ2) is 6.89. The van der Waals surface area contributed by atoms with E-state index in [1.165, 1.54) is 24.3 Å². The van der Waals surface area contributed by atoms with E-state index < -0.39 is 17.8 Å². The molecule has 2 aromatic rings. The van der Waals surface area contributed by atoms with Crippen molar-refractivity contribution in [3.05, 3.63) is 57.6 Å². The van der Waals surface area contributed by atoms with Gasteiger partial charge in [-0.2, -0.15) is 13.2 Å². The standard InChI is InChI=1S/C16H13Cl2F3O2/c1-2-14(9-3-5-10(6-4-9)16(19,20)21)23-15-12(17)7-11(22)8-13(15)18/h3-8,14,22H,2H2,1H3. The number of benzene rings is 2. The summed E-state index contributed by atoms with van der Waals surface area (Å²) in [6.07, 6.45) is -4.40. The fourth-order valence-electron chi connectivity index (χ4n) is 2.08. The van der Waals surface area contributed by atoms with Crippen molar-refractivity contribution >= 4 is 23.2 Å². The van der Waals surface area contributed by atoms with Gasteiger partial charge in [-0.1, -0.05) is 42.3 Å². The summed E-state index contributed by atoms with van der Waals surface area (Å²) in [6, 6.07) is 7.28. The van der Waals surface area contributed by atoms with Crippen LogP contribution in [0.15, 0.2) is 36.4 Å². The van der Waals surface area contributed by atoms with Crippen LogP contribution in [0.2, 0.25) is 10.0 Å². The fourth-order valence-corrected chi connectivity index (χ4v) is 2.64. The molecule has 0 aliphatic heterocycles. The maximum atomic E-state index is 12.6. The molecule has 2 rings (SSSR count). The van der Waals surface area contributed by atoms with Crippen LogP contribution in [0.25, 0.3) is 0 Å². The molecular weight excluding hydrogens is 352 g/mol. The molecule has 0 radical (unpaired) electrons. The molecule has 0 saturated heterocycles. The van der Waals surface area contributed by atoms with Crippen molar-refractivity contribution in [2.75, 3.05) is 0 Å². The zero-order valence-electron chi connectivity index (χ0n) is 12.0. The van der Waals surface area contributed by atoms with E-state index in [0.717, 1.165) is 12.1 Å². The van der Waals surface area contributed by atoms with E-state index in [1.54, 1.807) is 0 Å². The molecule has 1 atom stereocenters. The molecule has 0 amide bonds. The first-order chi connectivity index (χ1) is 10.7. The first kappa shape index (κ1) is 17.8. The van der Waals surface area contributed by atoms with E-state index in [4.69, 9.17) is 27.9 Å². The predicted octanol–water partition coefficient (Wildman–Crippen LogP) is 6.25. The van der Waals surface area contributed by atoms with Crippen LogP contribution in [0.3, 0.4) is 0 Å². The molecular formula is C16H13Cl2F3O2. The molecule has 0 aliphatic rings. The molecule has 0 aromatic heterocycles. The fraction of sp³-hybridized carbons (Fsp3) is 0.250. The zero-order valence-corrected chi connectivity index (χ0v) is 13.5. The Morgan fingerprint density at radius 3 is 2.04 bits per heavy atom. The van der Waals surface area contributed by atoms with Crippen LogP contribution in [-0.2, 0) is 6.18 Å². The van der Waals surface area contributed by atoms with Crippen LogP contribution in [-0.4, -0.2) is 5.11 Å². The van der Waals surface area contributed by atoms with Gasteiger partial charge < -0.3 is 9.84 Å². The lowest BCUT2D eigenvalue weighted by Gasteiger charge is -2.20. The molecule has 0 saturated carbocycles. The summed E-state index contributed by atoms with van der Waals surface area (Å²) in [6.45, 7) is 1.82. The Hall–Kier alpha value is -1.59. The Morgan fingerprint density at radius 2 is 1.61 bits per heavy atom. The van der Waals surface area contributed by atoms with Crippen molar-refractivity contribution in [1.29, 1.82) is 0 Å². The van der Waals surface area contributed by atoms with Gasteiger partial charge in [-0.15, -0.1) is 0 Å². The van der Waals surface area contributed by atoms with Crippen LogP contribution >= 0.6 is 23.2 Å². The van der Waals surface area contributed by atoms with Crippen LogP contribution in [0.5, 0.6) is 11.5 Å². The number of hydrogen-bond donors (Lipinski definition) is 1. The molecule has 0 aliphatic carbocycles. The smallest absolute Gasteiger partial charge is 0.416 e. The number of hydrogen-bond acceptors (Lipinski definition) is 2. The highest BCUT2D eigenvalue weighted by atomic mass is 35.5. The summed E-state index contributed by atoms with van der Waals surface area (Å²) >= 11 is 12.0. The minimum absolute atomic E-state index is 0.102. The minimum Gasteiger partial charge on any atom is -0.508 e. The molecule has 1 N–H and O–H groups in total. The number of rotatable bonds is 4. The van der Waals surface area contributed by atoms with E-state index in [-0.39, 0.29) is 21.5 Å². The third-order valence-electron chi connectivity index (χ3n) is 3.22. The zero-order chi connectivity index (χ0) is 17.2. The lowest BCUT2D eigenvalue weighted by atomic mass is 10.0. The lowest BCUT2D eigenvalue weighted by molar-refractivity contribution is -0.137. The van der Waals surface area contributed by atoms with Gasteiger partial charge in [0.25, 0.3) is 0 Å². The largest absolute Gasteiger partial charge is 0.508 e. The topological polar surface area (TPSA) is 29.5 Å². The molecule has 0 heterocycles. The van der Waals surface area contributed by atoms with Crippen LogP contribution in [0, 0.1) is 0 Å². The highest BCUT2D eigenvalue weighted by Crippen LogP contribution is 2.40. The maximum absolute atomic E-state index is 12.6. The number of halogens is 5. The molecule has 1 unspecified atom stereocenters. The van der Waals surface area contributed by atoms with Crippen molar-refractivity contribution in [3.8, 4) is 11.5 Å². The number of alkyl halides is 3. The van der Waals surface area contributed by atoms with Crippen LogP contribution in [0.1, 0.15) is 30.6 Å². The Labute approximate surface area is 141 Å². The number of phenolic OH excluding ortho intramolecular Hbond substituents is 1. The van der Waals surface area contributed by atoms with E-state index >= 15 is 0 Å². The summed E-state index contributed by atoms with van der Waals surface area (Å²) in [5.41, 5.74) is -0.155. The monoisotopic (exact) mass is 364 g/mol. The van der Waals surface area contributed by atoms with E-state index in [2.05, 4.69) is 0 Å². The van der Waals surface area contributed by atoms with E-state index in [1.807, 2.05) is 6.92 Å². The Balaban J connectivity index is 2.27. The average molecular weight is 365 g/mol. The highest BCUT2D eigenvalue weighted by molar-refractivity contribution is 6.37. The summed E-state index contributed by atoms with van der Waals surface area (Å²) in [5, 5.41) is 9.65. The third-order valence-corrected chi connectivity index (χ3v) is 3.79.